The Labute approximate surface area is 157 Å². The summed E-state index contributed by atoms with van der Waals surface area (Å²) < 4.78 is 15.0. The molecule has 1 fully saturated rings. The number of hydrogen-bond acceptors (Lipinski definition) is 3. The van der Waals surface area contributed by atoms with Gasteiger partial charge in [0.25, 0.3) is 5.91 Å². The van der Waals surface area contributed by atoms with E-state index >= 15 is 0 Å². The van der Waals surface area contributed by atoms with Gasteiger partial charge in [0.05, 0.1) is 5.69 Å². The average Bonchev–Trinajstić information content (AvgIpc) is 3.30. The van der Waals surface area contributed by atoms with E-state index in [1.807, 2.05) is 0 Å². The third-order valence-corrected chi connectivity index (χ3v) is 5.60. The minimum Gasteiger partial charge on any atom is -0.359 e. The van der Waals surface area contributed by atoms with E-state index < -0.39 is 0 Å². The molecule has 0 bridgehead atoms. The predicted octanol–water partition coefficient (Wildman–Crippen LogP) is 2.10. The van der Waals surface area contributed by atoms with Gasteiger partial charge in [-0.15, -0.1) is 0 Å². The maximum absolute atomic E-state index is 13.2. The Bertz CT molecular complexity index is 867. The minimum absolute atomic E-state index is 0.0264. The van der Waals surface area contributed by atoms with Crippen molar-refractivity contribution in [1.29, 1.82) is 0 Å². The molecule has 2 heterocycles. The molecule has 1 aliphatic carbocycles. The molecule has 0 unspecified atom stereocenters. The van der Waals surface area contributed by atoms with Crippen LogP contribution in [0, 0.1) is 11.7 Å². The molecule has 0 saturated carbocycles. The van der Waals surface area contributed by atoms with Crippen LogP contribution in [-0.4, -0.2) is 46.6 Å². The van der Waals surface area contributed by atoms with Crippen molar-refractivity contribution in [2.45, 2.75) is 32.1 Å². The van der Waals surface area contributed by atoms with Crippen LogP contribution >= 0.6 is 0 Å². The second kappa shape index (κ2) is 7.13. The van der Waals surface area contributed by atoms with Gasteiger partial charge in [0.2, 0.25) is 5.91 Å². The molecule has 4 rings (SSSR count). The van der Waals surface area contributed by atoms with Gasteiger partial charge in [-0.1, -0.05) is 0 Å². The number of likely N-dealkylation sites (tertiary alicyclic amines) is 1. The fourth-order valence-corrected chi connectivity index (χ4v) is 4.10. The first-order chi connectivity index (χ1) is 13.1. The van der Waals surface area contributed by atoms with Crippen molar-refractivity contribution in [3.8, 4) is 5.69 Å². The molecule has 2 aliphatic rings. The number of carbonyl (C=O) groups excluding carboxylic acids is 2. The Morgan fingerprint density at radius 2 is 1.85 bits per heavy atom. The number of benzene rings is 1. The van der Waals surface area contributed by atoms with Crippen molar-refractivity contribution < 1.29 is 14.0 Å². The summed E-state index contributed by atoms with van der Waals surface area (Å²) in [5.41, 5.74) is 3.33. The zero-order chi connectivity index (χ0) is 19.0. The molecule has 0 spiro atoms. The van der Waals surface area contributed by atoms with Crippen LogP contribution in [0.1, 0.15) is 41.0 Å². The molecule has 142 valence electrons. The van der Waals surface area contributed by atoms with Gasteiger partial charge in [-0.2, -0.15) is 5.10 Å². The summed E-state index contributed by atoms with van der Waals surface area (Å²) in [7, 11) is 1.64. The van der Waals surface area contributed by atoms with E-state index in [0.29, 0.717) is 31.6 Å². The van der Waals surface area contributed by atoms with Crippen molar-refractivity contribution >= 4 is 11.8 Å². The highest BCUT2D eigenvalue weighted by Crippen LogP contribution is 2.29. The zero-order valence-electron chi connectivity index (χ0n) is 15.4. The largest absolute Gasteiger partial charge is 0.359 e. The summed E-state index contributed by atoms with van der Waals surface area (Å²) in [6.07, 6.45) is 4.05. The summed E-state index contributed by atoms with van der Waals surface area (Å²) in [6, 6.07) is 6.18. The third kappa shape index (κ3) is 3.22. The van der Waals surface area contributed by atoms with Gasteiger partial charge in [-0.3, -0.25) is 9.59 Å². The molecule has 1 aliphatic heterocycles. The van der Waals surface area contributed by atoms with Crippen LogP contribution in [0.25, 0.3) is 5.69 Å². The first-order valence-corrected chi connectivity index (χ1v) is 9.46. The molecular formula is C20H23FN4O2. The molecule has 2 aromatic rings. The number of rotatable bonds is 3. The molecule has 0 atom stereocenters. The standard InChI is InChI=1S/C20H23FN4O2/c1-22-19(26)13-9-11-24(12-10-13)20(27)18-16-3-2-4-17(16)25(23-18)15-7-5-14(21)6-8-15/h5-8,13H,2-4,9-12H2,1H3,(H,22,26). The second-order valence-electron chi connectivity index (χ2n) is 7.20. The number of carbonyl (C=O) groups is 2. The summed E-state index contributed by atoms with van der Waals surface area (Å²) in [5, 5.41) is 7.29. The first-order valence-electron chi connectivity index (χ1n) is 9.46. The lowest BCUT2D eigenvalue weighted by molar-refractivity contribution is -0.125. The van der Waals surface area contributed by atoms with Crippen molar-refractivity contribution in [1.82, 2.24) is 20.0 Å². The summed E-state index contributed by atoms with van der Waals surface area (Å²) in [6.45, 7) is 1.13. The van der Waals surface area contributed by atoms with E-state index in [1.165, 1.54) is 12.1 Å². The second-order valence-corrected chi connectivity index (χ2v) is 7.20. The Hall–Kier alpha value is -2.70. The lowest BCUT2D eigenvalue weighted by Gasteiger charge is -2.30. The highest BCUT2D eigenvalue weighted by Gasteiger charge is 2.32. The number of hydrogen-bond donors (Lipinski definition) is 1. The van der Waals surface area contributed by atoms with Crippen LogP contribution in [0.3, 0.4) is 0 Å². The van der Waals surface area contributed by atoms with Gasteiger partial charge in [-0.25, -0.2) is 9.07 Å². The lowest BCUT2D eigenvalue weighted by atomic mass is 9.95. The molecule has 1 aromatic heterocycles. The Balaban J connectivity index is 1.58. The fourth-order valence-electron chi connectivity index (χ4n) is 4.10. The van der Waals surface area contributed by atoms with Gasteiger partial charge >= 0.3 is 0 Å². The third-order valence-electron chi connectivity index (χ3n) is 5.60. The van der Waals surface area contributed by atoms with E-state index in [0.717, 1.165) is 36.2 Å². The topological polar surface area (TPSA) is 67.2 Å². The molecule has 2 amide bonds. The number of amides is 2. The lowest BCUT2D eigenvalue weighted by Crippen LogP contribution is -2.42. The molecule has 1 aromatic carbocycles. The zero-order valence-corrected chi connectivity index (χ0v) is 15.4. The van der Waals surface area contributed by atoms with E-state index in [-0.39, 0.29) is 23.5 Å². The summed E-state index contributed by atoms with van der Waals surface area (Å²) in [5.74, 6) is -0.340. The maximum atomic E-state index is 13.2. The van der Waals surface area contributed by atoms with Gasteiger partial charge in [0.1, 0.15) is 5.82 Å². The molecule has 6 nitrogen and oxygen atoms in total. The SMILES string of the molecule is CNC(=O)C1CCN(C(=O)c2nn(-c3ccc(F)cc3)c3c2CCC3)CC1. The van der Waals surface area contributed by atoms with Crippen molar-refractivity contribution in [2.24, 2.45) is 5.92 Å². The van der Waals surface area contributed by atoms with Gasteiger partial charge in [0, 0.05) is 37.3 Å². The van der Waals surface area contributed by atoms with Gasteiger partial charge in [-0.05, 0) is 56.4 Å². The van der Waals surface area contributed by atoms with Crippen LogP contribution in [0.2, 0.25) is 0 Å². The molecule has 7 heteroatoms. The van der Waals surface area contributed by atoms with Crippen LogP contribution in [-0.2, 0) is 17.6 Å². The molecule has 1 N–H and O–H groups in total. The average molecular weight is 370 g/mol. The normalized spacial score (nSPS) is 17.0. The maximum Gasteiger partial charge on any atom is 0.274 e. The monoisotopic (exact) mass is 370 g/mol. The van der Waals surface area contributed by atoms with E-state index in [9.17, 15) is 14.0 Å². The number of nitrogens with zero attached hydrogens (tertiary/aromatic N) is 3. The van der Waals surface area contributed by atoms with Gasteiger partial charge in [0.15, 0.2) is 5.69 Å². The fraction of sp³-hybridized carbons (Fsp3) is 0.450. The minimum atomic E-state index is -0.294. The molecular weight excluding hydrogens is 347 g/mol. The summed E-state index contributed by atoms with van der Waals surface area (Å²) >= 11 is 0. The van der Waals surface area contributed by atoms with Crippen LogP contribution in [0.15, 0.2) is 24.3 Å². The van der Waals surface area contributed by atoms with E-state index in [1.54, 1.807) is 28.8 Å². The number of piperidine rings is 1. The molecule has 1 saturated heterocycles. The Morgan fingerprint density at radius 1 is 1.15 bits per heavy atom. The highest BCUT2D eigenvalue weighted by atomic mass is 19.1. The number of fused-ring (bicyclic) bond motifs is 1. The van der Waals surface area contributed by atoms with Crippen molar-refractivity contribution in [3.05, 3.63) is 47.0 Å². The predicted molar refractivity (Wildman–Crippen MR) is 98.2 cm³/mol. The Kier molecular flexibility index (Phi) is 4.68. The molecule has 27 heavy (non-hydrogen) atoms. The Morgan fingerprint density at radius 3 is 2.52 bits per heavy atom. The molecule has 0 radical (unpaired) electrons. The van der Waals surface area contributed by atoms with E-state index in [4.69, 9.17) is 0 Å². The number of nitrogens with one attached hydrogen (secondary N) is 1. The van der Waals surface area contributed by atoms with Gasteiger partial charge < -0.3 is 10.2 Å². The summed E-state index contributed by atoms with van der Waals surface area (Å²) in [4.78, 5) is 26.7. The number of halogens is 1. The smallest absolute Gasteiger partial charge is 0.274 e. The van der Waals surface area contributed by atoms with Crippen LogP contribution in [0.4, 0.5) is 4.39 Å². The van der Waals surface area contributed by atoms with Crippen molar-refractivity contribution in [2.75, 3.05) is 20.1 Å². The van der Waals surface area contributed by atoms with E-state index in [2.05, 4.69) is 10.4 Å². The van der Waals surface area contributed by atoms with Crippen LogP contribution in [0.5, 0.6) is 0 Å². The highest BCUT2D eigenvalue weighted by molar-refractivity contribution is 5.94. The quantitative estimate of drug-likeness (QED) is 0.900. The van der Waals surface area contributed by atoms with Crippen LogP contribution < -0.4 is 5.32 Å². The van der Waals surface area contributed by atoms with Crippen molar-refractivity contribution in [3.63, 3.8) is 0 Å². The number of aromatic nitrogens is 2. The first kappa shape index (κ1) is 17.7.